The van der Waals surface area contributed by atoms with E-state index in [0.29, 0.717) is 24.2 Å². The third kappa shape index (κ3) is 5.78. The number of ether oxygens (including phenoxy) is 2. The summed E-state index contributed by atoms with van der Waals surface area (Å²) >= 11 is 6.38. The minimum atomic E-state index is -1.08. The molecule has 8 nitrogen and oxygen atoms in total. The quantitative estimate of drug-likeness (QED) is 0.331. The van der Waals surface area contributed by atoms with Crippen molar-refractivity contribution in [2.45, 2.75) is 38.8 Å². The number of aromatic nitrogens is 2. The van der Waals surface area contributed by atoms with Crippen LogP contribution >= 0.6 is 11.6 Å². The van der Waals surface area contributed by atoms with Gasteiger partial charge in [0.05, 0.1) is 25.5 Å². The molecule has 0 bridgehead atoms. The highest BCUT2D eigenvalue weighted by Crippen LogP contribution is 2.26. The van der Waals surface area contributed by atoms with Crippen molar-refractivity contribution >= 4 is 29.3 Å². The highest BCUT2D eigenvalue weighted by molar-refractivity contribution is 6.30. The topological polar surface area (TPSA) is 114 Å². The molecule has 1 unspecified atom stereocenters. The second-order valence-corrected chi connectivity index (χ2v) is 8.32. The Hall–Kier alpha value is -3.49. The molecule has 9 heteroatoms. The van der Waals surface area contributed by atoms with E-state index in [4.69, 9.17) is 26.8 Å². The summed E-state index contributed by atoms with van der Waals surface area (Å²) in [6, 6.07) is 12.4. The molecule has 0 aliphatic rings. The van der Waals surface area contributed by atoms with E-state index >= 15 is 0 Å². The van der Waals surface area contributed by atoms with E-state index in [1.54, 1.807) is 48.5 Å². The van der Waals surface area contributed by atoms with Gasteiger partial charge in [-0.3, -0.25) is 4.79 Å². The van der Waals surface area contributed by atoms with Crippen LogP contribution in [0.3, 0.4) is 0 Å². The Morgan fingerprint density at radius 2 is 1.69 bits per heavy atom. The maximum atomic E-state index is 13.1. The molecule has 3 aromatic rings. The molecule has 1 heterocycles. The highest BCUT2D eigenvalue weighted by Gasteiger charge is 2.27. The number of methoxy groups -OCH3 is 2. The normalized spacial score (nSPS) is 11.7. The number of ketones is 1. The molecule has 0 saturated carbocycles. The van der Waals surface area contributed by atoms with Gasteiger partial charge >= 0.3 is 11.9 Å². The second kappa shape index (κ2) is 11.8. The summed E-state index contributed by atoms with van der Waals surface area (Å²) in [4.78, 5) is 41.7. The fourth-order valence-electron chi connectivity index (χ4n) is 3.79. The molecule has 3 rings (SSSR count). The van der Waals surface area contributed by atoms with Crippen LogP contribution in [0.5, 0.6) is 0 Å². The number of hydrogen-bond acceptors (Lipinski definition) is 7. The number of carbonyl (C=O) groups is 3. The van der Waals surface area contributed by atoms with Crippen LogP contribution < -0.4 is 5.73 Å². The molecule has 0 aliphatic heterocycles. The Kier molecular flexibility index (Phi) is 8.78. The van der Waals surface area contributed by atoms with E-state index in [0.717, 1.165) is 24.2 Å². The lowest BCUT2D eigenvalue weighted by Crippen LogP contribution is -2.26. The molecular weight excluding hydrogens is 470 g/mol. The monoisotopic (exact) mass is 497 g/mol. The Morgan fingerprint density at radius 1 is 1.03 bits per heavy atom. The molecular formula is C26H28ClN3O5. The van der Waals surface area contributed by atoms with E-state index < -0.39 is 18.0 Å². The molecule has 0 spiro atoms. The van der Waals surface area contributed by atoms with E-state index in [9.17, 15) is 14.4 Å². The molecule has 1 atom stereocenters. The van der Waals surface area contributed by atoms with Crippen molar-refractivity contribution in [2.24, 2.45) is 5.73 Å². The van der Waals surface area contributed by atoms with Crippen molar-refractivity contribution in [3.63, 3.8) is 0 Å². The maximum Gasteiger partial charge on any atom is 0.338 e. The van der Waals surface area contributed by atoms with Crippen LogP contribution in [0.1, 0.15) is 69.2 Å². The number of esters is 2. The zero-order valence-corrected chi connectivity index (χ0v) is 20.7. The summed E-state index contributed by atoms with van der Waals surface area (Å²) in [7, 11) is 2.54. The number of halogens is 1. The number of benzene rings is 2. The largest absolute Gasteiger partial charge is 0.468 e. The molecule has 35 heavy (non-hydrogen) atoms. The van der Waals surface area contributed by atoms with Crippen LogP contribution in [0.25, 0.3) is 0 Å². The summed E-state index contributed by atoms with van der Waals surface area (Å²) in [6.45, 7) is 2.43. The molecule has 2 N–H and O–H groups in total. The first-order valence-corrected chi connectivity index (χ1v) is 11.6. The van der Waals surface area contributed by atoms with Crippen LogP contribution in [0, 0.1) is 0 Å². The third-order valence-electron chi connectivity index (χ3n) is 5.68. The van der Waals surface area contributed by atoms with Gasteiger partial charge in [0.2, 0.25) is 0 Å². The zero-order chi connectivity index (χ0) is 25.5. The Labute approximate surface area is 209 Å². The van der Waals surface area contributed by atoms with E-state index in [2.05, 4.69) is 11.9 Å². The lowest BCUT2D eigenvalue weighted by atomic mass is 9.97. The number of unbranched alkanes of at least 4 members (excludes halogenated alkanes) is 1. The molecule has 0 saturated heterocycles. The van der Waals surface area contributed by atoms with Crippen molar-refractivity contribution in [2.75, 3.05) is 14.2 Å². The molecule has 2 aromatic carbocycles. The van der Waals surface area contributed by atoms with Gasteiger partial charge in [0, 0.05) is 24.1 Å². The first-order chi connectivity index (χ1) is 16.8. The van der Waals surface area contributed by atoms with Gasteiger partial charge in [0.15, 0.2) is 10.9 Å². The van der Waals surface area contributed by atoms with E-state index in [1.165, 1.54) is 14.2 Å². The summed E-state index contributed by atoms with van der Waals surface area (Å²) in [5.41, 5.74) is 8.26. The predicted octanol–water partition coefficient (Wildman–Crippen LogP) is 4.12. The average Bonchev–Trinajstić information content (AvgIpc) is 3.20. The fraction of sp³-hybridized carbons (Fsp3) is 0.308. The number of imidazole rings is 1. The minimum Gasteiger partial charge on any atom is -0.468 e. The molecule has 1 aromatic heterocycles. The van der Waals surface area contributed by atoms with Crippen LogP contribution in [-0.2, 0) is 27.2 Å². The summed E-state index contributed by atoms with van der Waals surface area (Å²) < 4.78 is 11.4. The zero-order valence-electron chi connectivity index (χ0n) is 19.9. The van der Waals surface area contributed by atoms with Crippen LogP contribution in [0.15, 0.2) is 48.5 Å². The molecule has 0 amide bonds. The number of nitrogens with two attached hydrogens (primary N) is 1. The van der Waals surface area contributed by atoms with E-state index in [-0.39, 0.29) is 22.1 Å². The fourth-order valence-corrected chi connectivity index (χ4v) is 4.10. The van der Waals surface area contributed by atoms with E-state index in [1.807, 2.05) is 4.57 Å². The van der Waals surface area contributed by atoms with Gasteiger partial charge in [-0.1, -0.05) is 67.4 Å². The van der Waals surface area contributed by atoms with Crippen molar-refractivity contribution < 1.29 is 23.9 Å². The van der Waals surface area contributed by atoms with Gasteiger partial charge in [-0.15, -0.1) is 0 Å². The van der Waals surface area contributed by atoms with Crippen molar-refractivity contribution in [3.05, 3.63) is 87.5 Å². The summed E-state index contributed by atoms with van der Waals surface area (Å²) in [5.74, 6) is -0.754. The van der Waals surface area contributed by atoms with Crippen molar-refractivity contribution in [1.82, 2.24) is 9.55 Å². The van der Waals surface area contributed by atoms with Gasteiger partial charge in [-0.25, -0.2) is 14.6 Å². The molecule has 0 radical (unpaired) electrons. The summed E-state index contributed by atoms with van der Waals surface area (Å²) in [5, 5.41) is 0.167. The predicted molar refractivity (Wildman–Crippen MR) is 132 cm³/mol. The van der Waals surface area contributed by atoms with Gasteiger partial charge in [-0.05, 0) is 18.1 Å². The summed E-state index contributed by atoms with van der Waals surface area (Å²) in [6.07, 6.45) is 2.53. The van der Waals surface area contributed by atoms with Crippen molar-refractivity contribution in [1.29, 1.82) is 0 Å². The Morgan fingerprint density at radius 3 is 2.29 bits per heavy atom. The SMILES string of the molecule is CCCCc1nc(Cl)c(C(N)C(=O)OC)n1Cc1ccc(C(=O)c2ccccc2C(=O)OC)cc1. The first-order valence-electron chi connectivity index (χ1n) is 11.2. The number of carbonyl (C=O) groups excluding carboxylic acids is 3. The third-order valence-corrected chi connectivity index (χ3v) is 5.96. The van der Waals surface area contributed by atoms with Gasteiger partial charge in [0.1, 0.15) is 11.9 Å². The number of nitrogens with zero attached hydrogens (tertiary/aromatic N) is 2. The van der Waals surface area contributed by atoms with Gasteiger partial charge in [0.25, 0.3) is 0 Å². The van der Waals surface area contributed by atoms with Crippen LogP contribution in [-0.4, -0.2) is 41.5 Å². The number of hydrogen-bond donors (Lipinski definition) is 1. The lowest BCUT2D eigenvalue weighted by molar-refractivity contribution is -0.142. The minimum absolute atomic E-state index is 0.167. The van der Waals surface area contributed by atoms with Crippen molar-refractivity contribution in [3.8, 4) is 0 Å². The smallest absolute Gasteiger partial charge is 0.338 e. The Balaban J connectivity index is 1.92. The second-order valence-electron chi connectivity index (χ2n) is 7.96. The Bertz CT molecular complexity index is 1220. The average molecular weight is 498 g/mol. The van der Waals surface area contributed by atoms with Gasteiger partial charge in [-0.2, -0.15) is 0 Å². The highest BCUT2D eigenvalue weighted by atomic mass is 35.5. The number of rotatable bonds is 10. The van der Waals surface area contributed by atoms with Crippen LogP contribution in [0.2, 0.25) is 5.15 Å². The number of aryl methyl sites for hydroxylation is 1. The van der Waals surface area contributed by atoms with Crippen LogP contribution in [0.4, 0.5) is 0 Å². The first kappa shape index (κ1) is 26.1. The lowest BCUT2D eigenvalue weighted by Gasteiger charge is -2.16. The molecule has 184 valence electrons. The molecule has 0 fully saturated rings. The maximum absolute atomic E-state index is 13.1. The standard InChI is InChI=1S/C26H28ClN3O5/c1-4-5-10-20-29-24(27)22(21(28)26(33)35-3)30(20)15-16-11-13-17(14-12-16)23(31)18-8-6-7-9-19(18)25(32)34-2/h6-9,11-14,21H,4-5,10,15,28H2,1-3H3. The van der Waals surface area contributed by atoms with Gasteiger partial charge < -0.3 is 19.8 Å². The molecule has 0 aliphatic carbocycles.